The van der Waals surface area contributed by atoms with Crippen molar-refractivity contribution in [2.24, 2.45) is 17.8 Å². The van der Waals surface area contributed by atoms with Crippen LogP contribution in [-0.4, -0.2) is 112 Å². The van der Waals surface area contributed by atoms with Crippen LogP contribution in [0, 0.1) is 17.8 Å². The van der Waals surface area contributed by atoms with Gasteiger partial charge in [-0.3, -0.25) is 4.79 Å². The normalized spacial score (nSPS) is 52.9. The minimum atomic E-state index is -2.56. The summed E-state index contributed by atoms with van der Waals surface area (Å²) in [5, 5.41) is 23.7. The van der Waals surface area contributed by atoms with Gasteiger partial charge in [-0.25, -0.2) is 14.0 Å². The van der Waals surface area contributed by atoms with Gasteiger partial charge in [0.05, 0.1) is 41.8 Å². The fourth-order valence-corrected chi connectivity index (χ4v) is 8.12. The van der Waals surface area contributed by atoms with Crippen molar-refractivity contribution < 1.29 is 62.1 Å². The predicted octanol–water partition coefficient (Wildman–Crippen LogP) is 2.82. The average molecular weight is 632 g/mol. The molecule has 0 aromatic carbocycles. The molecule has 5 aliphatic rings. The molecule has 14 heteroatoms. The molecule has 2 bridgehead atoms. The van der Waals surface area contributed by atoms with Crippen LogP contribution in [0.2, 0.25) is 0 Å². The van der Waals surface area contributed by atoms with Crippen molar-refractivity contribution in [2.75, 3.05) is 7.05 Å². The number of amides is 1. The Balaban J connectivity index is 1.60. The molecule has 250 valence electrons. The van der Waals surface area contributed by atoms with Crippen molar-refractivity contribution in [3.8, 4) is 0 Å². The lowest BCUT2D eigenvalue weighted by molar-refractivity contribution is -0.333. The minimum absolute atomic E-state index is 0.184. The van der Waals surface area contributed by atoms with Gasteiger partial charge in [0.25, 0.3) is 0 Å². The second-order valence-corrected chi connectivity index (χ2v) is 14.0. The number of aliphatic hydroxyl groups excluding tert-OH is 1. The van der Waals surface area contributed by atoms with Gasteiger partial charge in [-0.1, -0.05) is 20.8 Å². The summed E-state index contributed by atoms with van der Waals surface area (Å²) in [4.78, 5) is 39.9. The predicted molar refractivity (Wildman–Crippen MR) is 148 cm³/mol. The molecular weight excluding hydrogens is 585 g/mol. The van der Waals surface area contributed by atoms with E-state index in [0.29, 0.717) is 6.42 Å². The van der Waals surface area contributed by atoms with Crippen molar-refractivity contribution in [1.29, 1.82) is 0 Å². The van der Waals surface area contributed by atoms with Crippen LogP contribution in [0.5, 0.6) is 0 Å². The number of likely N-dealkylation sites (N-methyl/N-ethyl adjacent to an activating group) is 1. The number of rotatable bonds is 3. The van der Waals surface area contributed by atoms with Gasteiger partial charge in [0.2, 0.25) is 5.79 Å². The Morgan fingerprint density at radius 3 is 2.36 bits per heavy atom. The third kappa shape index (κ3) is 4.95. The fourth-order valence-electron chi connectivity index (χ4n) is 8.12. The van der Waals surface area contributed by atoms with Crippen LogP contribution in [0.15, 0.2) is 0 Å². The number of alkyl halides is 1. The monoisotopic (exact) mass is 631 g/mol. The Hall–Kier alpha value is -2.26. The molecule has 5 rings (SSSR count). The Kier molecular flexibility index (Phi) is 8.22. The number of carbonyl (C=O) groups excluding carboxylic acids is 3. The molecule has 0 radical (unpaired) electrons. The number of hydrogen-bond acceptors (Lipinski definition) is 12. The first-order chi connectivity index (χ1) is 20.3. The Bertz CT molecular complexity index is 1170. The number of cyclic esters (lactones) is 1. The highest BCUT2D eigenvalue weighted by Crippen LogP contribution is 2.56. The van der Waals surface area contributed by atoms with E-state index in [4.69, 9.17) is 33.2 Å². The first kappa shape index (κ1) is 33.1. The molecule has 0 aliphatic carbocycles. The summed E-state index contributed by atoms with van der Waals surface area (Å²) in [5.74, 6) is -6.58. The molecule has 0 aromatic rings. The van der Waals surface area contributed by atoms with E-state index in [9.17, 15) is 24.6 Å². The number of nitrogens with zero attached hydrogens (tertiary/aromatic N) is 1. The van der Waals surface area contributed by atoms with E-state index in [1.165, 1.54) is 32.6 Å². The molecule has 15 atom stereocenters. The summed E-state index contributed by atoms with van der Waals surface area (Å²) >= 11 is 0. The van der Waals surface area contributed by atoms with Crippen LogP contribution in [0.4, 0.5) is 14.0 Å². The lowest BCUT2D eigenvalue weighted by atomic mass is 9.73. The largest absolute Gasteiger partial charge is 0.509 e. The zero-order valence-electron chi connectivity index (χ0n) is 26.8. The molecule has 13 nitrogen and oxygen atoms in total. The smallest absolute Gasteiger partial charge is 0.458 e. The topological polar surface area (TPSA) is 160 Å². The molecule has 5 aliphatic heterocycles. The van der Waals surface area contributed by atoms with Gasteiger partial charge in [0, 0.05) is 19.4 Å². The van der Waals surface area contributed by atoms with E-state index < -0.39 is 102 Å². The van der Waals surface area contributed by atoms with E-state index in [-0.39, 0.29) is 18.6 Å². The molecule has 44 heavy (non-hydrogen) atoms. The van der Waals surface area contributed by atoms with Crippen molar-refractivity contribution in [1.82, 2.24) is 4.90 Å². The second kappa shape index (κ2) is 10.9. The van der Waals surface area contributed by atoms with Crippen molar-refractivity contribution >= 4 is 18.2 Å². The minimum Gasteiger partial charge on any atom is -0.458 e. The molecule has 2 N–H and O–H groups in total. The number of hydrogen-bond donors (Lipinski definition) is 2. The van der Waals surface area contributed by atoms with Crippen LogP contribution in [0.25, 0.3) is 0 Å². The second-order valence-electron chi connectivity index (χ2n) is 14.0. The first-order valence-electron chi connectivity index (χ1n) is 15.4. The maximum absolute atomic E-state index is 16.8. The third-order valence-electron chi connectivity index (χ3n) is 10.6. The van der Waals surface area contributed by atoms with Gasteiger partial charge in [0.1, 0.15) is 6.10 Å². The van der Waals surface area contributed by atoms with E-state index in [0.717, 1.165) is 0 Å². The lowest BCUT2D eigenvalue weighted by Crippen LogP contribution is -2.61. The van der Waals surface area contributed by atoms with E-state index in [1.807, 2.05) is 6.92 Å². The van der Waals surface area contributed by atoms with Crippen molar-refractivity contribution in [3.05, 3.63) is 0 Å². The third-order valence-corrected chi connectivity index (χ3v) is 10.6. The zero-order chi connectivity index (χ0) is 32.7. The maximum atomic E-state index is 16.8. The number of halogens is 1. The number of aliphatic hydroxyl groups is 2. The average Bonchev–Trinajstić information content (AvgIpc) is 3.48. The number of fused-ring (bicyclic) bond motifs is 4. The highest BCUT2D eigenvalue weighted by molar-refractivity contribution is 5.73. The molecule has 0 saturated carbocycles. The summed E-state index contributed by atoms with van der Waals surface area (Å²) in [5.41, 5.74) is -5.68. The maximum Gasteiger partial charge on any atom is 0.509 e. The van der Waals surface area contributed by atoms with Gasteiger partial charge >= 0.3 is 18.2 Å². The molecule has 1 unspecified atom stereocenters. The quantitative estimate of drug-likeness (QED) is 0.347. The number of esters is 1. The van der Waals surface area contributed by atoms with Crippen LogP contribution < -0.4 is 0 Å². The Labute approximate surface area is 256 Å². The lowest BCUT2D eigenvalue weighted by Gasteiger charge is -2.45. The molecule has 0 aromatic heterocycles. The summed E-state index contributed by atoms with van der Waals surface area (Å²) in [7, 11) is 1.62. The van der Waals surface area contributed by atoms with E-state index in [2.05, 4.69) is 0 Å². The van der Waals surface area contributed by atoms with Crippen LogP contribution in [0.3, 0.4) is 0 Å². The summed E-state index contributed by atoms with van der Waals surface area (Å²) in [6, 6.07) is -0.360. The van der Waals surface area contributed by atoms with E-state index >= 15 is 4.39 Å². The standard InChI is InChI=1S/C30H46FNO12/c1-10-18-29(8)22(42-26(36)43-29)16(5)30(37)28(7,31)12-27(6,44-30)21(14(3)19(33)15(4)23(34)39-18)41-24-20-17(11-13(2)38-24)32(9)25(35)40-20/h13-22,24,33,37H,10-12H2,1-9H3/t13-,14+,15-,16-,17+,18-,19+,20-,21-,22-,24+,27-,28+,29-,30?/m1/s1. The van der Waals surface area contributed by atoms with Gasteiger partial charge in [-0.2, -0.15) is 0 Å². The molecule has 5 heterocycles. The van der Waals surface area contributed by atoms with Crippen molar-refractivity contribution in [2.45, 2.75) is 146 Å². The van der Waals surface area contributed by atoms with Crippen molar-refractivity contribution in [3.63, 3.8) is 0 Å². The molecule has 1 amide bonds. The Morgan fingerprint density at radius 1 is 1.07 bits per heavy atom. The highest BCUT2D eigenvalue weighted by Gasteiger charge is 2.72. The number of ether oxygens (including phenoxy) is 7. The number of carbonyl (C=O) groups is 3. The van der Waals surface area contributed by atoms with Gasteiger partial charge in [-0.05, 0) is 47.5 Å². The van der Waals surface area contributed by atoms with Crippen LogP contribution in [0.1, 0.15) is 74.7 Å². The van der Waals surface area contributed by atoms with Gasteiger partial charge in [-0.15, -0.1) is 0 Å². The van der Waals surface area contributed by atoms with Crippen LogP contribution in [-0.2, 0) is 38.0 Å². The first-order valence-corrected chi connectivity index (χ1v) is 15.4. The zero-order valence-corrected chi connectivity index (χ0v) is 26.8. The molecule has 0 spiro atoms. The van der Waals surface area contributed by atoms with Gasteiger partial charge in [0.15, 0.2) is 29.8 Å². The summed E-state index contributed by atoms with van der Waals surface area (Å²) < 4.78 is 58.3. The SMILES string of the molecule is CC[C@H]1OC(=O)[C@H](C)[C@@H](O)[C@H](C)[C@@H](O[C@@H]2O[C@H](C)C[C@H]3[C@H]2OC(=O)N3C)[C@@]2(C)C[C@](C)(F)C(O)(O2)[C@H](C)[C@H]2OC(=O)O[C@@]21C. The molecule has 5 fully saturated rings. The summed E-state index contributed by atoms with van der Waals surface area (Å²) in [6.45, 7) is 12.4. The molecule has 5 saturated heterocycles. The molecular formula is C30H46FNO12. The summed E-state index contributed by atoms with van der Waals surface area (Å²) in [6.07, 6.45) is -8.61. The van der Waals surface area contributed by atoms with E-state index in [1.54, 1.807) is 27.8 Å². The Morgan fingerprint density at radius 2 is 1.73 bits per heavy atom. The highest BCUT2D eigenvalue weighted by atomic mass is 19.1. The van der Waals surface area contributed by atoms with Gasteiger partial charge < -0.3 is 48.3 Å². The fraction of sp³-hybridized carbons (Fsp3) is 0.900. The van der Waals surface area contributed by atoms with Crippen LogP contribution >= 0.6 is 0 Å².